The Morgan fingerprint density at radius 3 is 2.39 bits per heavy atom. The van der Waals surface area contributed by atoms with Crippen molar-refractivity contribution in [2.24, 2.45) is 5.10 Å². The van der Waals surface area contributed by atoms with Crippen LogP contribution in [0.25, 0.3) is 11.3 Å². The summed E-state index contributed by atoms with van der Waals surface area (Å²) < 4.78 is 40.6. The highest BCUT2D eigenvalue weighted by atomic mass is 32.2. The molecule has 0 saturated heterocycles. The van der Waals surface area contributed by atoms with Gasteiger partial charge in [-0.05, 0) is 41.3 Å². The van der Waals surface area contributed by atoms with Gasteiger partial charge in [-0.2, -0.15) is 9.41 Å². The van der Waals surface area contributed by atoms with E-state index in [1.165, 1.54) is 27.8 Å². The fourth-order valence-corrected chi connectivity index (χ4v) is 7.25. The molecule has 10 heteroatoms. The van der Waals surface area contributed by atoms with Crippen LogP contribution >= 0.6 is 22.7 Å². The minimum absolute atomic E-state index is 0.0942. The van der Waals surface area contributed by atoms with Crippen LogP contribution < -0.4 is 5.01 Å². The predicted molar refractivity (Wildman–Crippen MR) is 145 cm³/mol. The van der Waals surface area contributed by atoms with E-state index in [9.17, 15) is 12.8 Å². The average Bonchev–Trinajstić information content (AvgIpc) is 3.66. The van der Waals surface area contributed by atoms with Gasteiger partial charge in [-0.15, -0.1) is 22.7 Å². The molecule has 0 N–H and O–H groups in total. The monoisotopic (exact) mass is 540 g/mol. The Morgan fingerprint density at radius 1 is 1.03 bits per heavy atom. The van der Waals surface area contributed by atoms with Crippen molar-refractivity contribution in [3.8, 4) is 11.3 Å². The Bertz CT molecular complexity index is 1460. The van der Waals surface area contributed by atoms with E-state index in [1.54, 1.807) is 47.7 Å². The van der Waals surface area contributed by atoms with Gasteiger partial charge in [0, 0.05) is 30.5 Å². The zero-order valence-electron chi connectivity index (χ0n) is 19.8. The fraction of sp³-hybridized carbons (Fsp3) is 0.231. The number of sulfonamides is 1. The second-order valence-electron chi connectivity index (χ2n) is 8.27. The molecule has 0 spiro atoms. The topological polar surface area (TPSA) is 65.9 Å². The molecular weight excluding hydrogens is 516 g/mol. The maximum Gasteiger partial charge on any atom is 0.243 e. The summed E-state index contributed by atoms with van der Waals surface area (Å²) in [6, 6.07) is 17.3. The summed E-state index contributed by atoms with van der Waals surface area (Å²) in [6.07, 6.45) is 0.693. The van der Waals surface area contributed by atoms with E-state index >= 15 is 0 Å². The van der Waals surface area contributed by atoms with Crippen molar-refractivity contribution in [3.63, 3.8) is 0 Å². The van der Waals surface area contributed by atoms with E-state index in [1.807, 2.05) is 35.7 Å². The number of rotatable bonds is 8. The highest BCUT2D eigenvalue weighted by Crippen LogP contribution is 2.40. The van der Waals surface area contributed by atoms with Crippen LogP contribution in [0.15, 0.2) is 81.4 Å². The summed E-state index contributed by atoms with van der Waals surface area (Å²) in [5.41, 5.74) is 3.52. The van der Waals surface area contributed by atoms with E-state index in [0.29, 0.717) is 19.5 Å². The molecule has 1 atom stereocenters. The van der Waals surface area contributed by atoms with Crippen molar-refractivity contribution < 1.29 is 12.8 Å². The molecule has 5 rings (SSSR count). The van der Waals surface area contributed by atoms with Crippen LogP contribution in [0.4, 0.5) is 9.52 Å². The van der Waals surface area contributed by atoms with Gasteiger partial charge in [-0.25, -0.2) is 22.8 Å². The molecule has 186 valence electrons. The standard InChI is InChI=1S/C26H25FN4O2S3/c1-3-30(4-2)36(32,33)21-13-9-18(10-14-21)23-17-35-26(28-23)31-24(19-7-11-20(27)12-8-19)16-22(29-31)25-6-5-15-34-25/h5-15,17,24H,3-4,16H2,1-2H3/t24-/m0/s1. The molecule has 0 amide bonds. The summed E-state index contributed by atoms with van der Waals surface area (Å²) in [5.74, 6) is -0.273. The SMILES string of the molecule is CCN(CC)S(=O)(=O)c1ccc(-c2csc(N3N=C(c4cccs4)C[C@H]3c3ccc(F)cc3)n2)cc1. The molecule has 0 saturated carbocycles. The molecule has 0 bridgehead atoms. The number of benzene rings is 2. The maximum absolute atomic E-state index is 13.6. The number of aromatic nitrogens is 1. The van der Waals surface area contributed by atoms with Crippen molar-refractivity contribution in [2.75, 3.05) is 18.1 Å². The molecule has 2 aromatic heterocycles. The molecule has 0 unspecified atom stereocenters. The lowest BCUT2D eigenvalue weighted by atomic mass is 10.0. The lowest BCUT2D eigenvalue weighted by Crippen LogP contribution is -2.30. The fourth-order valence-electron chi connectivity index (χ4n) is 4.24. The summed E-state index contributed by atoms with van der Waals surface area (Å²) in [4.78, 5) is 6.21. The van der Waals surface area contributed by atoms with Gasteiger partial charge in [-0.1, -0.05) is 44.2 Å². The number of hydrazone groups is 1. The number of thiazole rings is 1. The van der Waals surface area contributed by atoms with E-state index in [4.69, 9.17) is 10.1 Å². The number of anilines is 1. The zero-order chi connectivity index (χ0) is 25.3. The molecule has 2 aromatic carbocycles. The van der Waals surface area contributed by atoms with Gasteiger partial charge in [0.15, 0.2) is 0 Å². The minimum atomic E-state index is -3.51. The molecule has 1 aliphatic heterocycles. The van der Waals surface area contributed by atoms with E-state index in [2.05, 4.69) is 6.07 Å². The number of thiophene rings is 1. The average molecular weight is 541 g/mol. The van der Waals surface area contributed by atoms with E-state index in [-0.39, 0.29) is 16.8 Å². The molecular formula is C26H25FN4O2S3. The molecule has 1 aliphatic rings. The maximum atomic E-state index is 13.6. The first-order valence-electron chi connectivity index (χ1n) is 11.6. The molecule has 0 radical (unpaired) electrons. The van der Waals surface area contributed by atoms with Gasteiger partial charge in [0.25, 0.3) is 0 Å². The van der Waals surface area contributed by atoms with Gasteiger partial charge in [0.2, 0.25) is 15.2 Å². The molecule has 0 fully saturated rings. The van der Waals surface area contributed by atoms with Crippen LogP contribution in [0.5, 0.6) is 0 Å². The number of hydrogen-bond acceptors (Lipinski definition) is 7. The van der Waals surface area contributed by atoms with E-state index < -0.39 is 10.0 Å². The van der Waals surface area contributed by atoms with Crippen molar-refractivity contribution in [3.05, 3.63) is 87.7 Å². The van der Waals surface area contributed by atoms with Crippen LogP contribution in [0, 0.1) is 5.82 Å². The van der Waals surface area contributed by atoms with Crippen molar-refractivity contribution >= 4 is 43.5 Å². The quantitative estimate of drug-likeness (QED) is 0.260. The molecule has 36 heavy (non-hydrogen) atoms. The molecule has 3 heterocycles. The lowest BCUT2D eigenvalue weighted by molar-refractivity contribution is 0.445. The molecule has 0 aliphatic carbocycles. The van der Waals surface area contributed by atoms with Gasteiger partial charge in [0.1, 0.15) is 5.82 Å². The summed E-state index contributed by atoms with van der Waals surface area (Å²) in [5, 5.41) is 11.5. The van der Waals surface area contributed by atoms with Crippen LogP contribution in [0.2, 0.25) is 0 Å². The normalized spacial score (nSPS) is 16.1. The van der Waals surface area contributed by atoms with Crippen LogP contribution in [-0.4, -0.2) is 36.5 Å². The second-order valence-corrected chi connectivity index (χ2v) is 12.0. The van der Waals surface area contributed by atoms with Crippen molar-refractivity contribution in [2.45, 2.75) is 31.2 Å². The van der Waals surface area contributed by atoms with E-state index in [0.717, 1.165) is 32.5 Å². The third-order valence-corrected chi connectivity index (χ3v) is 9.97. The number of hydrogen-bond donors (Lipinski definition) is 0. The van der Waals surface area contributed by atoms with Crippen LogP contribution in [0.1, 0.15) is 36.8 Å². The summed E-state index contributed by atoms with van der Waals surface area (Å²) >= 11 is 3.12. The third-order valence-electron chi connectivity index (χ3n) is 6.15. The Hall–Kier alpha value is -2.92. The summed E-state index contributed by atoms with van der Waals surface area (Å²) in [7, 11) is -3.51. The first kappa shape index (κ1) is 24.8. The van der Waals surface area contributed by atoms with Crippen LogP contribution in [0.3, 0.4) is 0 Å². The Balaban J connectivity index is 1.45. The first-order valence-corrected chi connectivity index (χ1v) is 14.8. The van der Waals surface area contributed by atoms with Crippen LogP contribution in [-0.2, 0) is 10.0 Å². The lowest BCUT2D eigenvalue weighted by Gasteiger charge is -2.21. The largest absolute Gasteiger partial charge is 0.243 e. The molecule has 4 aromatic rings. The first-order chi connectivity index (χ1) is 17.4. The smallest absolute Gasteiger partial charge is 0.231 e. The van der Waals surface area contributed by atoms with Gasteiger partial charge in [-0.3, -0.25) is 0 Å². The predicted octanol–water partition coefficient (Wildman–Crippen LogP) is 6.40. The Labute approximate surface area is 218 Å². The number of nitrogens with zero attached hydrogens (tertiary/aromatic N) is 4. The highest BCUT2D eigenvalue weighted by Gasteiger charge is 2.32. The Morgan fingerprint density at radius 2 is 1.75 bits per heavy atom. The van der Waals surface area contributed by atoms with Crippen molar-refractivity contribution in [1.29, 1.82) is 0 Å². The summed E-state index contributed by atoms with van der Waals surface area (Å²) in [6.45, 7) is 4.51. The minimum Gasteiger partial charge on any atom is -0.231 e. The molecule has 6 nitrogen and oxygen atoms in total. The highest BCUT2D eigenvalue weighted by molar-refractivity contribution is 7.89. The van der Waals surface area contributed by atoms with Gasteiger partial charge in [0.05, 0.1) is 27.2 Å². The second kappa shape index (κ2) is 10.2. The Kier molecular flexibility index (Phi) is 7.03. The van der Waals surface area contributed by atoms with Gasteiger partial charge >= 0.3 is 0 Å². The van der Waals surface area contributed by atoms with Crippen molar-refractivity contribution in [1.82, 2.24) is 9.29 Å². The van der Waals surface area contributed by atoms with Gasteiger partial charge < -0.3 is 0 Å². The zero-order valence-corrected chi connectivity index (χ0v) is 22.3. The number of halogens is 1. The third kappa shape index (κ3) is 4.73.